The summed E-state index contributed by atoms with van der Waals surface area (Å²) < 4.78 is 67.9. The van der Waals surface area contributed by atoms with Crippen LogP contribution in [0, 0.1) is 20.5 Å². The van der Waals surface area contributed by atoms with E-state index in [1.165, 1.54) is 0 Å². The predicted molar refractivity (Wildman–Crippen MR) is 61.2 cm³/mol. The highest BCUT2D eigenvalue weighted by Gasteiger charge is 1.88. The van der Waals surface area contributed by atoms with E-state index in [0.29, 0.717) is 0 Å². The molecule has 2 aromatic heterocycles. The average molecular weight is 411 g/mol. The minimum Gasteiger partial charge on any atom is -0.222 e. The third-order valence-corrected chi connectivity index (χ3v) is 1.97. The smallest absolute Gasteiger partial charge is 0.167 e. The van der Waals surface area contributed by atoms with Crippen molar-refractivity contribution in [3.8, 4) is 0 Å². The summed E-state index contributed by atoms with van der Waals surface area (Å²) in [5, 5.41) is 7.91. The molecule has 142 valence electrons. The summed E-state index contributed by atoms with van der Waals surface area (Å²) in [6, 6.07) is 7.71. The van der Waals surface area contributed by atoms with Gasteiger partial charge in [0, 0.05) is 35.4 Å². The first kappa shape index (κ1) is 23.9. The summed E-state index contributed by atoms with van der Waals surface area (Å²) in [6.07, 6.45) is 10.8. The minimum absolute atomic E-state index is 1.01. The largest absolute Gasteiger partial charge is 0.222 e. The number of aromatic nitrogens is 2. The summed E-state index contributed by atoms with van der Waals surface area (Å²) in [5.41, 5.74) is 2.02. The van der Waals surface area contributed by atoms with Crippen LogP contribution in [0.15, 0.2) is 59.3 Å². The monoisotopic (exact) mass is 410 g/mol. The molecule has 0 aliphatic heterocycles. The van der Waals surface area contributed by atoms with Crippen LogP contribution in [0.4, 0.5) is 0 Å². The van der Waals surface area contributed by atoms with Gasteiger partial charge in [-0.05, 0) is 0 Å². The molecule has 0 unspecified atom stereocenters. The zero-order valence-corrected chi connectivity index (χ0v) is 14.2. The van der Waals surface area contributed by atoms with Crippen molar-refractivity contribution in [1.29, 1.82) is 0 Å². The Kier molecular flexibility index (Phi) is 11.3. The fraction of sp³-hybridized carbons (Fsp3) is 0. The second-order valence-electron chi connectivity index (χ2n) is 3.91. The number of hydrogen-bond acceptors (Lipinski definition) is 10. The number of nitrogens with zero attached hydrogens (tertiary/aromatic N) is 2. The van der Waals surface area contributed by atoms with Crippen LogP contribution in [0.1, 0.15) is 11.1 Å². The molecule has 0 saturated carbocycles. The second kappa shape index (κ2) is 12.3. The van der Waals surface area contributed by atoms with E-state index in [-0.39, 0.29) is 0 Å². The van der Waals surface area contributed by atoms with Crippen LogP contribution in [-0.4, -0.2) is 12.4 Å². The number of nitrogens with one attached hydrogen (secondary N) is 2. The maximum Gasteiger partial charge on any atom is 0.167 e. The molecule has 2 N–H and O–H groups in total. The van der Waals surface area contributed by atoms with E-state index in [4.69, 9.17) is 37.3 Å². The van der Waals surface area contributed by atoms with Crippen LogP contribution in [0.2, 0.25) is 0 Å². The highest BCUT2D eigenvalue weighted by atomic mass is 35.7. The topological polar surface area (TPSA) is 237 Å². The molecule has 0 aromatic carbocycles. The number of halogens is 2. The number of pyridine rings is 2. The molecule has 14 heteroatoms. The molecule has 0 amide bonds. The van der Waals surface area contributed by atoms with Crippen molar-refractivity contribution in [2.45, 2.75) is 0 Å². The molecule has 12 nitrogen and oxygen atoms in total. The quantitative estimate of drug-likeness (QED) is 0.346. The number of aromatic amines is 2. The van der Waals surface area contributed by atoms with E-state index in [2.05, 4.69) is 20.2 Å². The van der Waals surface area contributed by atoms with Crippen molar-refractivity contribution in [3.05, 3.63) is 60.2 Å². The molecule has 0 spiro atoms. The lowest BCUT2D eigenvalue weighted by molar-refractivity contribution is -2.00. The Morgan fingerprint density at radius 1 is 0.577 bits per heavy atom. The summed E-state index contributed by atoms with van der Waals surface area (Å²) >= 11 is 0. The van der Waals surface area contributed by atoms with E-state index in [1.807, 2.05) is 49.1 Å². The lowest BCUT2D eigenvalue weighted by Crippen LogP contribution is -2.68. The molecule has 0 saturated heterocycles. The molecule has 2 rings (SSSR count). The summed E-state index contributed by atoms with van der Waals surface area (Å²) in [4.78, 5) is 5.89. The van der Waals surface area contributed by atoms with Crippen molar-refractivity contribution in [2.24, 2.45) is 10.2 Å². The normalized spacial score (nSPS) is 11.5. The van der Waals surface area contributed by atoms with Crippen molar-refractivity contribution < 1.29 is 67.7 Å². The van der Waals surface area contributed by atoms with Gasteiger partial charge in [-0.15, -0.1) is 20.5 Å². The van der Waals surface area contributed by atoms with Gasteiger partial charge in [-0.25, -0.2) is 47.2 Å². The third-order valence-electron chi connectivity index (χ3n) is 1.97. The van der Waals surface area contributed by atoms with Crippen molar-refractivity contribution in [3.63, 3.8) is 0 Å². The highest BCUT2D eigenvalue weighted by molar-refractivity contribution is 5.82. The number of hydrogen-bond donors (Lipinski definition) is 0. The molecular weight excluding hydrogens is 399 g/mol. The molecule has 2 aromatic rings. The molecule has 0 radical (unpaired) electrons. The maximum absolute atomic E-state index is 8.49. The van der Waals surface area contributed by atoms with Gasteiger partial charge < -0.3 is 0 Å². The third kappa shape index (κ3) is 21.9. The Morgan fingerprint density at radius 3 is 1.04 bits per heavy atom. The first-order valence-corrected chi connectivity index (χ1v) is 8.64. The van der Waals surface area contributed by atoms with Crippen LogP contribution >= 0.6 is 0 Å². The predicted octanol–water partition coefficient (Wildman–Crippen LogP) is -8.74. The molecule has 0 bridgehead atoms. The van der Waals surface area contributed by atoms with Gasteiger partial charge >= 0.3 is 0 Å². The van der Waals surface area contributed by atoms with Crippen LogP contribution in [0.25, 0.3) is 0 Å². The zero-order chi connectivity index (χ0) is 20.1. The van der Waals surface area contributed by atoms with E-state index >= 15 is 0 Å². The lowest BCUT2D eigenvalue weighted by atomic mass is 10.3. The number of rotatable bonds is 3. The van der Waals surface area contributed by atoms with Gasteiger partial charge in [0.25, 0.3) is 0 Å². The van der Waals surface area contributed by atoms with Gasteiger partial charge in [0.2, 0.25) is 0 Å². The van der Waals surface area contributed by atoms with Crippen LogP contribution < -0.4 is 47.2 Å². The molecule has 0 aliphatic carbocycles. The fourth-order valence-electron chi connectivity index (χ4n) is 1.17. The summed E-state index contributed by atoms with van der Waals surface area (Å²) in [7, 11) is -9.89. The van der Waals surface area contributed by atoms with Gasteiger partial charge in [0.1, 0.15) is 0 Å². The first-order valence-electron chi connectivity index (χ1n) is 6.17. The van der Waals surface area contributed by atoms with Gasteiger partial charge in [-0.3, -0.25) is 0 Å². The highest BCUT2D eigenvalue weighted by Crippen LogP contribution is 1.91. The Morgan fingerprint density at radius 2 is 0.808 bits per heavy atom. The van der Waals surface area contributed by atoms with Crippen LogP contribution in [0.3, 0.4) is 0 Å². The van der Waals surface area contributed by atoms with Crippen LogP contribution in [-0.2, 0) is 0 Å². The van der Waals surface area contributed by atoms with E-state index in [0.717, 1.165) is 11.1 Å². The molecule has 0 atom stereocenters. The fourth-order valence-corrected chi connectivity index (χ4v) is 1.17. The Labute approximate surface area is 151 Å². The number of H-pyrrole nitrogens is 2. The second-order valence-corrected chi connectivity index (χ2v) is 5.42. The van der Waals surface area contributed by atoms with Crippen molar-refractivity contribution in [2.75, 3.05) is 0 Å². The van der Waals surface area contributed by atoms with Crippen molar-refractivity contribution >= 4 is 12.4 Å². The molecule has 26 heavy (non-hydrogen) atoms. The van der Waals surface area contributed by atoms with Gasteiger partial charge in [0.15, 0.2) is 24.8 Å². The first-order chi connectivity index (χ1) is 11.9. The van der Waals surface area contributed by atoms with E-state index in [1.54, 1.807) is 12.4 Å². The van der Waals surface area contributed by atoms with Gasteiger partial charge in [-0.1, -0.05) is 0 Å². The maximum atomic E-state index is 8.49. The molecule has 0 fully saturated rings. The summed E-state index contributed by atoms with van der Waals surface area (Å²) in [5.74, 6) is 0. The standard InChI is InChI=1S/C12H10N4.2ClHO4/c1-5-13-6-2-11(1)9-15-16-10-12-3-7-14-8-4-12;2*2-1(3,4)5/h1-10H;2*(H,2,3,4,5)/b15-9+,16-10+;;. The Bertz CT molecular complexity index is 591. The summed E-state index contributed by atoms with van der Waals surface area (Å²) in [6.45, 7) is 0. The zero-order valence-electron chi connectivity index (χ0n) is 12.7. The van der Waals surface area contributed by atoms with E-state index < -0.39 is 20.5 Å². The molecule has 0 aliphatic rings. The SMILES string of the molecule is C(=N\N=C\c1cc[nH+]cc1)/c1cc[nH+]cc1.[O-][Cl+3]([O-])([O-])[O-].[O-][Cl+3]([O-])([O-])[O-]. The van der Waals surface area contributed by atoms with E-state index in [9.17, 15) is 0 Å². The Balaban J connectivity index is 0.000000520. The van der Waals surface area contributed by atoms with Gasteiger partial charge in [-0.2, -0.15) is 10.2 Å². The average Bonchev–Trinajstić information content (AvgIpc) is 2.50. The lowest BCUT2D eigenvalue weighted by Gasteiger charge is -2.17. The molecule has 2 heterocycles. The van der Waals surface area contributed by atoms with Crippen molar-refractivity contribution in [1.82, 2.24) is 0 Å². The minimum atomic E-state index is -4.94. The van der Waals surface area contributed by atoms with Crippen LogP contribution in [0.5, 0.6) is 0 Å². The van der Waals surface area contributed by atoms with Gasteiger partial charge in [0.05, 0.1) is 12.4 Å². The molecular formula is C12H12Cl2N4O8. The Hall–Kier alpha value is -2.10.